The van der Waals surface area contributed by atoms with Crippen molar-refractivity contribution >= 4 is 5.69 Å². The molecule has 1 heterocycles. The van der Waals surface area contributed by atoms with Gasteiger partial charge in [0.15, 0.2) is 0 Å². The molecule has 88 valence electrons. The lowest BCUT2D eigenvalue weighted by molar-refractivity contribution is 0.463. The summed E-state index contributed by atoms with van der Waals surface area (Å²) in [5, 5.41) is 3.43. The van der Waals surface area contributed by atoms with Gasteiger partial charge in [0, 0.05) is 37.9 Å². The zero-order valence-electron chi connectivity index (χ0n) is 10.2. The van der Waals surface area contributed by atoms with E-state index < -0.39 is 0 Å². The summed E-state index contributed by atoms with van der Waals surface area (Å²) in [7, 11) is 0. The fourth-order valence-corrected chi connectivity index (χ4v) is 2.14. The smallest absolute Gasteiger partial charge is 0.0370 e. The van der Waals surface area contributed by atoms with E-state index in [9.17, 15) is 0 Å². The van der Waals surface area contributed by atoms with Gasteiger partial charge >= 0.3 is 0 Å². The maximum Gasteiger partial charge on any atom is 0.0370 e. The zero-order valence-corrected chi connectivity index (χ0v) is 10.2. The molecule has 0 bridgehead atoms. The molecule has 0 spiro atoms. The highest BCUT2D eigenvalue weighted by atomic mass is 15.2. The van der Waals surface area contributed by atoms with Crippen molar-refractivity contribution in [1.29, 1.82) is 0 Å². The Kier molecular flexibility index (Phi) is 3.46. The van der Waals surface area contributed by atoms with Gasteiger partial charge in [-0.2, -0.15) is 0 Å². The minimum absolute atomic E-state index is 0.426. The zero-order chi connectivity index (χ0) is 11.5. The SMILES string of the molecule is Cc1ccc(N2CCNC(CN)C2)cc1C. The van der Waals surface area contributed by atoms with Crippen molar-refractivity contribution in [3.05, 3.63) is 29.3 Å². The van der Waals surface area contributed by atoms with Crippen LogP contribution in [0.15, 0.2) is 18.2 Å². The number of nitrogens with zero attached hydrogens (tertiary/aromatic N) is 1. The maximum atomic E-state index is 5.71. The summed E-state index contributed by atoms with van der Waals surface area (Å²) in [5.41, 5.74) is 9.75. The predicted octanol–water partition coefficient (Wildman–Crippen LogP) is 1.04. The molecule has 1 aliphatic rings. The molecule has 1 saturated heterocycles. The highest BCUT2D eigenvalue weighted by Crippen LogP contribution is 2.19. The highest BCUT2D eigenvalue weighted by Gasteiger charge is 2.18. The number of hydrogen-bond donors (Lipinski definition) is 2. The number of nitrogens with two attached hydrogens (primary N) is 1. The average molecular weight is 219 g/mol. The third kappa shape index (κ3) is 2.36. The van der Waals surface area contributed by atoms with Gasteiger partial charge in [0.2, 0.25) is 0 Å². The predicted molar refractivity (Wildman–Crippen MR) is 69.0 cm³/mol. The molecule has 1 fully saturated rings. The molecule has 1 unspecified atom stereocenters. The Hall–Kier alpha value is -1.06. The molecular weight excluding hydrogens is 198 g/mol. The van der Waals surface area contributed by atoms with Crippen molar-refractivity contribution in [2.24, 2.45) is 5.73 Å². The largest absolute Gasteiger partial charge is 0.369 e. The second kappa shape index (κ2) is 4.85. The van der Waals surface area contributed by atoms with E-state index in [2.05, 4.69) is 42.3 Å². The fourth-order valence-electron chi connectivity index (χ4n) is 2.14. The van der Waals surface area contributed by atoms with E-state index >= 15 is 0 Å². The summed E-state index contributed by atoms with van der Waals surface area (Å²) in [6.07, 6.45) is 0. The molecule has 1 aromatic rings. The lowest BCUT2D eigenvalue weighted by Crippen LogP contribution is -2.53. The number of hydrogen-bond acceptors (Lipinski definition) is 3. The van der Waals surface area contributed by atoms with Gasteiger partial charge in [-0.05, 0) is 37.1 Å². The van der Waals surface area contributed by atoms with Crippen molar-refractivity contribution in [1.82, 2.24) is 5.32 Å². The van der Waals surface area contributed by atoms with Crippen LogP contribution < -0.4 is 16.0 Å². The molecule has 0 radical (unpaired) electrons. The van der Waals surface area contributed by atoms with E-state index in [1.54, 1.807) is 0 Å². The number of aryl methyl sites for hydroxylation is 2. The molecule has 0 saturated carbocycles. The van der Waals surface area contributed by atoms with Crippen LogP contribution in [0.25, 0.3) is 0 Å². The first kappa shape index (κ1) is 11.4. The van der Waals surface area contributed by atoms with Gasteiger partial charge in [-0.1, -0.05) is 6.07 Å². The van der Waals surface area contributed by atoms with Gasteiger partial charge in [0.05, 0.1) is 0 Å². The van der Waals surface area contributed by atoms with Crippen molar-refractivity contribution in [3.63, 3.8) is 0 Å². The van der Waals surface area contributed by atoms with Gasteiger partial charge in [-0.15, -0.1) is 0 Å². The normalized spacial score (nSPS) is 21.2. The summed E-state index contributed by atoms with van der Waals surface area (Å²) in [5.74, 6) is 0. The molecule has 3 heteroatoms. The van der Waals surface area contributed by atoms with E-state index in [-0.39, 0.29) is 0 Å². The van der Waals surface area contributed by atoms with Gasteiger partial charge in [0.25, 0.3) is 0 Å². The maximum absolute atomic E-state index is 5.71. The molecule has 3 N–H and O–H groups in total. The molecule has 16 heavy (non-hydrogen) atoms. The Balaban J connectivity index is 2.13. The van der Waals surface area contributed by atoms with Crippen molar-refractivity contribution in [3.8, 4) is 0 Å². The lowest BCUT2D eigenvalue weighted by Gasteiger charge is -2.35. The first-order chi connectivity index (χ1) is 7.70. The van der Waals surface area contributed by atoms with Crippen LogP contribution in [0.5, 0.6) is 0 Å². The second-order valence-corrected chi connectivity index (χ2v) is 4.60. The van der Waals surface area contributed by atoms with Gasteiger partial charge < -0.3 is 16.0 Å². The third-order valence-corrected chi connectivity index (χ3v) is 3.40. The number of benzene rings is 1. The quantitative estimate of drug-likeness (QED) is 0.781. The Morgan fingerprint density at radius 1 is 1.38 bits per heavy atom. The summed E-state index contributed by atoms with van der Waals surface area (Å²) in [6.45, 7) is 8.13. The molecular formula is C13H21N3. The lowest BCUT2D eigenvalue weighted by atomic mass is 10.1. The van der Waals surface area contributed by atoms with Crippen LogP contribution in [0.2, 0.25) is 0 Å². The summed E-state index contributed by atoms with van der Waals surface area (Å²) < 4.78 is 0. The summed E-state index contributed by atoms with van der Waals surface area (Å²) in [6, 6.07) is 7.11. The number of rotatable bonds is 2. The molecule has 0 amide bonds. The first-order valence-corrected chi connectivity index (χ1v) is 5.96. The van der Waals surface area contributed by atoms with Crippen LogP contribution in [0.4, 0.5) is 5.69 Å². The number of anilines is 1. The van der Waals surface area contributed by atoms with E-state index in [0.29, 0.717) is 12.6 Å². The minimum Gasteiger partial charge on any atom is -0.369 e. The first-order valence-electron chi connectivity index (χ1n) is 5.96. The molecule has 1 aliphatic heterocycles. The van der Waals surface area contributed by atoms with E-state index in [1.807, 2.05) is 0 Å². The molecule has 3 nitrogen and oxygen atoms in total. The van der Waals surface area contributed by atoms with Crippen LogP contribution in [0.3, 0.4) is 0 Å². The monoisotopic (exact) mass is 219 g/mol. The van der Waals surface area contributed by atoms with E-state index in [4.69, 9.17) is 5.73 Å². The van der Waals surface area contributed by atoms with E-state index in [1.165, 1.54) is 16.8 Å². The second-order valence-electron chi connectivity index (χ2n) is 4.60. The highest BCUT2D eigenvalue weighted by molar-refractivity contribution is 5.51. The summed E-state index contributed by atoms with van der Waals surface area (Å²) in [4.78, 5) is 2.42. The van der Waals surface area contributed by atoms with Crippen molar-refractivity contribution in [2.75, 3.05) is 31.1 Å². The molecule has 0 aliphatic carbocycles. The standard InChI is InChI=1S/C13H21N3/c1-10-3-4-13(7-11(10)2)16-6-5-15-12(8-14)9-16/h3-4,7,12,15H,5-6,8-9,14H2,1-2H3. The van der Waals surface area contributed by atoms with Gasteiger partial charge in [-0.25, -0.2) is 0 Å². The van der Waals surface area contributed by atoms with E-state index in [0.717, 1.165) is 19.6 Å². The average Bonchev–Trinajstić information content (AvgIpc) is 2.33. The molecule has 1 aromatic carbocycles. The Bertz CT molecular complexity index is 362. The van der Waals surface area contributed by atoms with Crippen molar-refractivity contribution < 1.29 is 0 Å². The van der Waals surface area contributed by atoms with Gasteiger partial charge in [0.1, 0.15) is 0 Å². The van der Waals surface area contributed by atoms with Gasteiger partial charge in [-0.3, -0.25) is 0 Å². The van der Waals surface area contributed by atoms with Crippen LogP contribution in [-0.4, -0.2) is 32.2 Å². The minimum atomic E-state index is 0.426. The Morgan fingerprint density at radius 3 is 2.88 bits per heavy atom. The number of nitrogens with one attached hydrogen (secondary N) is 1. The Morgan fingerprint density at radius 2 is 2.19 bits per heavy atom. The number of piperazine rings is 1. The Labute approximate surface area is 97.6 Å². The topological polar surface area (TPSA) is 41.3 Å². The van der Waals surface area contributed by atoms with Crippen LogP contribution >= 0.6 is 0 Å². The third-order valence-electron chi connectivity index (χ3n) is 3.40. The summed E-state index contributed by atoms with van der Waals surface area (Å²) >= 11 is 0. The molecule has 1 atom stereocenters. The molecule has 0 aromatic heterocycles. The van der Waals surface area contributed by atoms with Crippen molar-refractivity contribution in [2.45, 2.75) is 19.9 Å². The van der Waals surface area contributed by atoms with Crippen LogP contribution in [0, 0.1) is 13.8 Å². The molecule has 2 rings (SSSR count). The van der Waals surface area contributed by atoms with Crippen LogP contribution in [0.1, 0.15) is 11.1 Å². The van der Waals surface area contributed by atoms with Crippen LogP contribution in [-0.2, 0) is 0 Å². The fraction of sp³-hybridized carbons (Fsp3) is 0.538.